The fourth-order valence-corrected chi connectivity index (χ4v) is 3.30. The highest BCUT2D eigenvalue weighted by Gasteiger charge is 2.28. The minimum absolute atomic E-state index is 0.205. The van der Waals surface area contributed by atoms with E-state index in [1.165, 1.54) is 0 Å². The highest BCUT2D eigenvalue weighted by atomic mass is 35.5. The fraction of sp³-hybridized carbons (Fsp3) is 0. The molecule has 132 valence electrons. The minimum atomic E-state index is -0.369. The first kappa shape index (κ1) is 17.5. The highest BCUT2D eigenvalue weighted by molar-refractivity contribution is 6.55. The van der Waals surface area contributed by atoms with Crippen molar-refractivity contribution < 1.29 is 9.59 Å². The van der Waals surface area contributed by atoms with E-state index in [1.807, 2.05) is 6.07 Å². The lowest BCUT2D eigenvalue weighted by molar-refractivity contribution is -0.110. The number of para-hydroxylation sites is 1. The first-order valence-electron chi connectivity index (χ1n) is 8.13. The second kappa shape index (κ2) is 6.99. The Morgan fingerprint density at radius 2 is 1.70 bits per heavy atom. The van der Waals surface area contributed by atoms with Crippen LogP contribution in [-0.4, -0.2) is 17.4 Å². The zero-order valence-electron chi connectivity index (χ0n) is 13.9. The van der Waals surface area contributed by atoms with Gasteiger partial charge in [0.2, 0.25) is 0 Å². The van der Waals surface area contributed by atoms with Crippen molar-refractivity contribution in [3.05, 3.63) is 93.5 Å². The van der Waals surface area contributed by atoms with Crippen molar-refractivity contribution >= 4 is 52.0 Å². The van der Waals surface area contributed by atoms with Crippen LogP contribution in [0.15, 0.2) is 71.7 Å². The number of amides is 1. The van der Waals surface area contributed by atoms with E-state index in [4.69, 9.17) is 23.2 Å². The van der Waals surface area contributed by atoms with Crippen LogP contribution in [0.3, 0.4) is 0 Å². The van der Waals surface area contributed by atoms with Crippen molar-refractivity contribution in [2.45, 2.75) is 0 Å². The van der Waals surface area contributed by atoms with Gasteiger partial charge in [-0.3, -0.25) is 9.59 Å². The second-order valence-corrected chi connectivity index (χ2v) is 6.78. The van der Waals surface area contributed by atoms with Crippen LogP contribution in [0, 0.1) is 0 Å². The number of ketones is 1. The van der Waals surface area contributed by atoms with Crippen LogP contribution in [-0.2, 0) is 4.79 Å². The third kappa shape index (κ3) is 3.25. The molecule has 0 atom stereocenters. The third-order valence-corrected chi connectivity index (χ3v) is 4.74. The number of aliphatic imine (C=N–C) groups is 1. The number of hydrogen-bond acceptors (Lipinski definition) is 3. The molecule has 1 heterocycles. The molecule has 3 aromatic rings. The number of fused-ring (bicyclic) bond motifs is 1. The molecule has 1 N–H and O–H groups in total. The van der Waals surface area contributed by atoms with E-state index in [0.717, 1.165) is 0 Å². The summed E-state index contributed by atoms with van der Waals surface area (Å²) in [7, 11) is 0. The summed E-state index contributed by atoms with van der Waals surface area (Å²) in [4.78, 5) is 29.8. The number of benzene rings is 3. The Bertz CT molecular complexity index is 1110. The molecule has 0 saturated heterocycles. The quantitative estimate of drug-likeness (QED) is 0.612. The van der Waals surface area contributed by atoms with E-state index < -0.39 is 0 Å². The lowest BCUT2D eigenvalue weighted by atomic mass is 10.0. The van der Waals surface area contributed by atoms with Crippen molar-refractivity contribution in [3.8, 4) is 0 Å². The zero-order valence-corrected chi connectivity index (χ0v) is 15.4. The number of anilines is 1. The van der Waals surface area contributed by atoms with Crippen LogP contribution in [0.2, 0.25) is 10.0 Å². The number of rotatable bonds is 3. The normalized spacial score (nSPS) is 14.1. The summed E-state index contributed by atoms with van der Waals surface area (Å²) in [6.45, 7) is 0. The number of carbonyl (C=O) groups excluding carboxylic acids is 2. The van der Waals surface area contributed by atoms with E-state index in [-0.39, 0.29) is 17.4 Å². The molecule has 0 saturated carbocycles. The van der Waals surface area contributed by atoms with Crippen LogP contribution in [0.5, 0.6) is 0 Å². The van der Waals surface area contributed by atoms with E-state index in [9.17, 15) is 9.59 Å². The average Bonchev–Trinajstić information content (AvgIpc) is 3.00. The summed E-state index contributed by atoms with van der Waals surface area (Å²) in [5.41, 5.74) is 2.53. The van der Waals surface area contributed by atoms with Gasteiger partial charge >= 0.3 is 0 Å². The Labute approximate surface area is 165 Å². The first-order valence-corrected chi connectivity index (χ1v) is 8.88. The lowest BCUT2D eigenvalue weighted by Crippen LogP contribution is -2.14. The van der Waals surface area contributed by atoms with Crippen molar-refractivity contribution in [1.29, 1.82) is 0 Å². The maximum absolute atomic E-state index is 12.9. The fourth-order valence-electron chi connectivity index (χ4n) is 2.91. The second-order valence-electron chi connectivity index (χ2n) is 5.93. The van der Waals surface area contributed by atoms with E-state index in [1.54, 1.807) is 60.7 Å². The van der Waals surface area contributed by atoms with Gasteiger partial charge in [0.25, 0.3) is 5.91 Å². The highest BCUT2D eigenvalue weighted by Crippen LogP contribution is 2.33. The molecule has 0 unspecified atom stereocenters. The van der Waals surface area contributed by atoms with Gasteiger partial charge in [0.1, 0.15) is 5.71 Å². The van der Waals surface area contributed by atoms with E-state index in [0.29, 0.717) is 38.1 Å². The Morgan fingerprint density at radius 3 is 2.48 bits per heavy atom. The standard InChI is InChI=1S/C21H12Cl2N2O2/c22-13-9-10-17(15(11-13)20(26)12-5-2-1-3-6-12)24-19-14-7-4-8-16(23)18(14)25-21(19)27/h1-11H,(H,24,25,27). The van der Waals surface area contributed by atoms with Gasteiger partial charge in [-0.2, -0.15) is 0 Å². The topological polar surface area (TPSA) is 58.5 Å². The number of nitrogens with zero attached hydrogens (tertiary/aromatic N) is 1. The van der Waals surface area contributed by atoms with Gasteiger partial charge < -0.3 is 5.32 Å². The Kier molecular flexibility index (Phi) is 4.52. The van der Waals surface area contributed by atoms with Crippen molar-refractivity contribution in [2.75, 3.05) is 5.32 Å². The summed E-state index contributed by atoms with van der Waals surface area (Å²) in [5, 5.41) is 3.56. The molecule has 0 fully saturated rings. The Hall–Kier alpha value is -2.95. The Morgan fingerprint density at radius 1 is 0.926 bits per heavy atom. The minimum Gasteiger partial charge on any atom is -0.319 e. The van der Waals surface area contributed by atoms with Gasteiger partial charge in [-0.05, 0) is 24.3 Å². The number of hydrogen-bond donors (Lipinski definition) is 1. The van der Waals surface area contributed by atoms with E-state index >= 15 is 0 Å². The van der Waals surface area contributed by atoms with Crippen LogP contribution in [0.1, 0.15) is 21.5 Å². The number of nitrogens with one attached hydrogen (secondary N) is 1. The third-order valence-electron chi connectivity index (χ3n) is 4.19. The predicted molar refractivity (Wildman–Crippen MR) is 108 cm³/mol. The van der Waals surface area contributed by atoms with Gasteiger partial charge in [-0.25, -0.2) is 4.99 Å². The molecule has 1 amide bonds. The monoisotopic (exact) mass is 394 g/mol. The zero-order chi connectivity index (χ0) is 19.0. The molecule has 0 radical (unpaired) electrons. The summed E-state index contributed by atoms with van der Waals surface area (Å²) in [5.74, 6) is -0.590. The van der Waals surface area contributed by atoms with Gasteiger partial charge in [-0.1, -0.05) is 65.7 Å². The van der Waals surface area contributed by atoms with Crippen LogP contribution in [0.25, 0.3) is 0 Å². The molecule has 4 nitrogen and oxygen atoms in total. The summed E-state index contributed by atoms with van der Waals surface area (Å²) >= 11 is 12.2. The molecule has 1 aliphatic heterocycles. The van der Waals surface area contributed by atoms with Gasteiger partial charge in [0.05, 0.1) is 16.4 Å². The molecule has 0 spiro atoms. The largest absolute Gasteiger partial charge is 0.319 e. The maximum Gasteiger partial charge on any atom is 0.275 e. The van der Waals surface area contributed by atoms with Crippen molar-refractivity contribution in [1.82, 2.24) is 0 Å². The van der Waals surface area contributed by atoms with Crippen molar-refractivity contribution in [3.63, 3.8) is 0 Å². The predicted octanol–water partition coefficient (Wildman–Crippen LogP) is 5.30. The van der Waals surface area contributed by atoms with Gasteiger partial charge in [0.15, 0.2) is 5.78 Å². The molecule has 0 aromatic heterocycles. The van der Waals surface area contributed by atoms with Crippen LogP contribution in [0.4, 0.5) is 11.4 Å². The smallest absolute Gasteiger partial charge is 0.275 e. The summed E-state index contributed by atoms with van der Waals surface area (Å²) in [6.07, 6.45) is 0. The van der Waals surface area contributed by atoms with Crippen molar-refractivity contribution in [2.24, 2.45) is 4.99 Å². The number of carbonyl (C=O) groups is 2. The lowest BCUT2D eigenvalue weighted by Gasteiger charge is -2.07. The SMILES string of the molecule is O=C1Nc2c(Cl)cccc2C1=Nc1ccc(Cl)cc1C(=O)c1ccccc1. The van der Waals surface area contributed by atoms with E-state index in [2.05, 4.69) is 10.3 Å². The van der Waals surface area contributed by atoms with Crippen LogP contribution < -0.4 is 5.32 Å². The maximum atomic E-state index is 12.9. The molecule has 3 aromatic carbocycles. The molecule has 4 rings (SSSR count). The molecule has 1 aliphatic rings. The first-order chi connectivity index (χ1) is 13.0. The van der Waals surface area contributed by atoms with Gasteiger partial charge in [-0.15, -0.1) is 0 Å². The average molecular weight is 395 g/mol. The molecule has 6 heteroatoms. The summed E-state index contributed by atoms with van der Waals surface area (Å²) in [6, 6.07) is 18.8. The molecule has 0 aliphatic carbocycles. The number of halogens is 2. The summed E-state index contributed by atoms with van der Waals surface area (Å²) < 4.78 is 0. The molecular formula is C21H12Cl2N2O2. The van der Waals surface area contributed by atoms with Crippen LogP contribution >= 0.6 is 23.2 Å². The Balaban J connectivity index is 1.85. The molecule has 27 heavy (non-hydrogen) atoms. The molecular weight excluding hydrogens is 383 g/mol. The molecule has 0 bridgehead atoms. The van der Waals surface area contributed by atoms with Gasteiger partial charge in [0, 0.05) is 21.7 Å².